The van der Waals surface area contributed by atoms with Crippen LogP contribution >= 0.6 is 0 Å². The number of rotatable bonds is 8. The molecule has 0 aliphatic rings. The van der Waals surface area contributed by atoms with Crippen molar-refractivity contribution >= 4 is 14.4 Å². The van der Waals surface area contributed by atoms with Gasteiger partial charge in [-0.3, -0.25) is 0 Å². The first-order chi connectivity index (χ1) is 12.4. The van der Waals surface area contributed by atoms with Crippen molar-refractivity contribution in [2.24, 2.45) is 0 Å². The molecule has 0 saturated carbocycles. The third-order valence-electron chi connectivity index (χ3n) is 4.64. The Hall–Kier alpha value is -1.68. The highest BCUT2D eigenvalue weighted by molar-refractivity contribution is 6.75. The van der Waals surface area contributed by atoms with Crippen LogP contribution in [-0.4, -0.2) is 25.8 Å². The third kappa shape index (κ3) is 5.41. The summed E-state index contributed by atoms with van der Waals surface area (Å²) in [5, 5.41) is 2.18. The summed E-state index contributed by atoms with van der Waals surface area (Å²) in [5.41, 5.74) is 0.342. The van der Waals surface area contributed by atoms with E-state index in [1.807, 2.05) is 27.7 Å². The van der Waals surface area contributed by atoms with Crippen molar-refractivity contribution in [1.82, 2.24) is 5.32 Å². The molecule has 1 amide bonds. The lowest BCUT2D eigenvalue weighted by atomic mass is 10.2. The van der Waals surface area contributed by atoms with Crippen molar-refractivity contribution in [3.8, 4) is 5.75 Å². The van der Waals surface area contributed by atoms with E-state index in [0.717, 1.165) is 0 Å². The average Bonchev–Trinajstić information content (AvgIpc) is 2.61. The first-order valence-corrected chi connectivity index (χ1v) is 10.9. The molecule has 0 heterocycles. The van der Waals surface area contributed by atoms with E-state index in [1.165, 1.54) is 0 Å². The monoisotopic (exact) mass is 413 g/mol. The van der Waals surface area contributed by atoms with E-state index in [9.17, 15) is 31.5 Å². The average molecular weight is 413 g/mol. The first kappa shape index (κ1) is 23.4. The maximum absolute atomic E-state index is 13.4. The number of carbonyl (C=O) groups excluding carboxylic acids is 1. The van der Waals surface area contributed by atoms with Crippen LogP contribution in [0.25, 0.3) is 0 Å². The Morgan fingerprint density at radius 1 is 0.926 bits per heavy atom. The van der Waals surface area contributed by atoms with Gasteiger partial charge < -0.3 is 14.8 Å². The maximum atomic E-state index is 13.4. The second-order valence-corrected chi connectivity index (χ2v) is 11.8. The van der Waals surface area contributed by atoms with Gasteiger partial charge >= 0.3 is 6.09 Å². The lowest BCUT2D eigenvalue weighted by Crippen LogP contribution is -2.41. The molecule has 0 bridgehead atoms. The number of unbranched alkanes of at least 4 members (excludes halogenated alkanes) is 1. The highest BCUT2D eigenvalue weighted by Gasteiger charge is 2.37. The van der Waals surface area contributed by atoms with Crippen molar-refractivity contribution < 1.29 is 36.3 Å². The zero-order chi connectivity index (χ0) is 20.9. The number of benzene rings is 1. The van der Waals surface area contributed by atoms with E-state index in [1.54, 1.807) is 0 Å². The Morgan fingerprint density at radius 2 is 1.37 bits per heavy atom. The van der Waals surface area contributed by atoms with Gasteiger partial charge in [-0.1, -0.05) is 34.1 Å². The van der Waals surface area contributed by atoms with Crippen molar-refractivity contribution in [3.05, 3.63) is 29.1 Å². The van der Waals surface area contributed by atoms with Gasteiger partial charge in [0.25, 0.3) is 0 Å². The van der Waals surface area contributed by atoms with Crippen molar-refractivity contribution in [2.45, 2.75) is 57.7 Å². The predicted octanol–water partition coefficient (Wildman–Crippen LogP) is 5.01. The number of nitrogens with one attached hydrogen (secondary N) is 1. The second-order valence-electron chi connectivity index (χ2n) is 6.97. The summed E-state index contributed by atoms with van der Waals surface area (Å²) < 4.78 is 70.1. The summed E-state index contributed by atoms with van der Waals surface area (Å²) in [6.07, 6.45) is -0.263. The van der Waals surface area contributed by atoms with Gasteiger partial charge in [-0.15, -0.1) is 0 Å². The van der Waals surface area contributed by atoms with Crippen LogP contribution in [0.15, 0.2) is 0 Å². The summed E-state index contributed by atoms with van der Waals surface area (Å²) >= 11 is 0. The van der Waals surface area contributed by atoms with Gasteiger partial charge in [-0.2, -0.15) is 8.78 Å². The SMILES string of the molecule is CC(C)[Si](O)(CCCCNC(=O)Oc1c(F)c(F)c(F)c(F)c1F)C(C)C. The quantitative estimate of drug-likeness (QED) is 0.207. The van der Waals surface area contributed by atoms with E-state index in [4.69, 9.17) is 0 Å². The molecule has 0 spiro atoms. The standard InChI is InChI=1S/C17H24F5NO3Si/c1-9(2)27(25,10(3)4)8-6-5-7-23-17(24)26-16-14(21)12(19)11(18)13(20)15(16)22/h9-10,25H,5-8H2,1-4H3,(H,23,24). The van der Waals surface area contributed by atoms with Gasteiger partial charge in [-0.25, -0.2) is 18.0 Å². The zero-order valence-corrected chi connectivity index (χ0v) is 16.6. The molecule has 1 aromatic carbocycles. The number of hydrogen-bond donors (Lipinski definition) is 2. The molecule has 1 aromatic rings. The minimum absolute atomic E-state index is 0.0644. The highest BCUT2D eigenvalue weighted by atomic mass is 28.4. The van der Waals surface area contributed by atoms with Crippen LogP contribution in [0.3, 0.4) is 0 Å². The summed E-state index contributed by atoms with van der Waals surface area (Å²) in [6.45, 7) is 7.92. The molecule has 154 valence electrons. The van der Waals surface area contributed by atoms with E-state index in [-0.39, 0.29) is 17.6 Å². The van der Waals surface area contributed by atoms with Crippen LogP contribution in [0.5, 0.6) is 5.75 Å². The molecule has 1 rings (SSSR count). The van der Waals surface area contributed by atoms with E-state index in [2.05, 4.69) is 10.1 Å². The van der Waals surface area contributed by atoms with E-state index < -0.39 is 49.2 Å². The highest BCUT2D eigenvalue weighted by Crippen LogP contribution is 2.34. The van der Waals surface area contributed by atoms with Gasteiger partial charge in [0.15, 0.2) is 8.32 Å². The fourth-order valence-corrected chi connectivity index (χ4v) is 6.08. The van der Waals surface area contributed by atoms with Gasteiger partial charge in [0.2, 0.25) is 34.8 Å². The Balaban J connectivity index is 2.57. The third-order valence-corrected chi connectivity index (χ3v) is 9.79. The van der Waals surface area contributed by atoms with E-state index in [0.29, 0.717) is 18.9 Å². The Bertz CT molecular complexity index is 648. The van der Waals surface area contributed by atoms with Gasteiger partial charge in [0.1, 0.15) is 0 Å². The topological polar surface area (TPSA) is 58.6 Å². The molecule has 0 aliphatic heterocycles. The molecule has 2 N–H and O–H groups in total. The smallest absolute Gasteiger partial charge is 0.412 e. The van der Waals surface area contributed by atoms with Gasteiger partial charge in [0.05, 0.1) is 0 Å². The maximum Gasteiger partial charge on any atom is 0.412 e. The minimum atomic E-state index is -2.44. The normalized spacial score (nSPS) is 12.0. The lowest BCUT2D eigenvalue weighted by Gasteiger charge is -2.33. The summed E-state index contributed by atoms with van der Waals surface area (Å²) in [7, 11) is -2.44. The fourth-order valence-electron chi connectivity index (χ4n) is 2.77. The molecule has 10 heteroatoms. The zero-order valence-electron chi connectivity index (χ0n) is 15.6. The van der Waals surface area contributed by atoms with Crippen LogP contribution in [0, 0.1) is 29.1 Å². The van der Waals surface area contributed by atoms with Crippen LogP contribution < -0.4 is 10.1 Å². The van der Waals surface area contributed by atoms with Crippen LogP contribution in [0.1, 0.15) is 40.5 Å². The molecule has 0 radical (unpaired) electrons. The number of carbonyl (C=O) groups is 1. The molecule has 0 unspecified atom stereocenters. The molecular formula is C17H24F5NO3Si. The Kier molecular flexibility index (Phi) is 8.21. The van der Waals surface area contributed by atoms with Gasteiger partial charge in [0, 0.05) is 6.54 Å². The molecule has 0 aliphatic carbocycles. The number of ether oxygens (including phenoxy) is 1. The van der Waals surface area contributed by atoms with Crippen LogP contribution in [0.2, 0.25) is 17.1 Å². The molecule has 27 heavy (non-hydrogen) atoms. The molecule has 4 nitrogen and oxygen atoms in total. The number of hydrogen-bond acceptors (Lipinski definition) is 3. The summed E-state index contributed by atoms with van der Waals surface area (Å²) in [4.78, 5) is 22.3. The predicted molar refractivity (Wildman–Crippen MR) is 92.5 cm³/mol. The van der Waals surface area contributed by atoms with Crippen LogP contribution in [0.4, 0.5) is 26.7 Å². The minimum Gasteiger partial charge on any atom is -0.431 e. The fraction of sp³-hybridized carbons (Fsp3) is 0.588. The molecule has 0 fully saturated rings. The largest absolute Gasteiger partial charge is 0.431 e. The van der Waals surface area contributed by atoms with E-state index >= 15 is 0 Å². The Labute approximate surface area is 155 Å². The lowest BCUT2D eigenvalue weighted by molar-refractivity contribution is 0.193. The summed E-state index contributed by atoms with van der Waals surface area (Å²) in [5.74, 6) is -12.8. The summed E-state index contributed by atoms with van der Waals surface area (Å²) in [6, 6.07) is 0.622. The second kappa shape index (κ2) is 9.49. The van der Waals surface area contributed by atoms with Crippen molar-refractivity contribution in [1.29, 1.82) is 0 Å². The van der Waals surface area contributed by atoms with Gasteiger partial charge in [-0.05, 0) is 23.5 Å². The van der Waals surface area contributed by atoms with Crippen LogP contribution in [-0.2, 0) is 0 Å². The van der Waals surface area contributed by atoms with Crippen molar-refractivity contribution in [3.63, 3.8) is 0 Å². The van der Waals surface area contributed by atoms with Crippen molar-refractivity contribution in [2.75, 3.05) is 6.54 Å². The number of halogens is 5. The first-order valence-electron chi connectivity index (χ1n) is 8.62. The molecular weight excluding hydrogens is 389 g/mol. The Morgan fingerprint density at radius 3 is 1.81 bits per heavy atom. The number of amides is 1. The molecule has 0 saturated heterocycles. The molecule has 0 aromatic heterocycles. The molecule has 0 atom stereocenters.